The van der Waals surface area contributed by atoms with Gasteiger partial charge in [-0.25, -0.2) is 9.82 Å². The number of amides is 1. The van der Waals surface area contributed by atoms with Crippen LogP contribution in [-0.2, 0) is 10.2 Å². The molecule has 1 aromatic carbocycles. The zero-order chi connectivity index (χ0) is 11.5. The van der Waals surface area contributed by atoms with Crippen molar-refractivity contribution in [2.45, 2.75) is 19.3 Å². The lowest BCUT2D eigenvalue weighted by atomic mass is 9.83. The molecule has 0 bridgehead atoms. The van der Waals surface area contributed by atoms with E-state index >= 15 is 0 Å². The zero-order valence-corrected chi connectivity index (χ0v) is 9.10. The molecule has 0 saturated heterocycles. The van der Waals surface area contributed by atoms with Gasteiger partial charge < -0.3 is 0 Å². The molecule has 0 radical (unpaired) electrons. The molecule has 0 spiro atoms. The average Bonchev–Trinajstić information content (AvgIpc) is 2.18. The van der Waals surface area contributed by atoms with E-state index in [9.17, 15) is 9.18 Å². The third kappa shape index (κ3) is 2.33. The van der Waals surface area contributed by atoms with Gasteiger partial charge in [-0.1, -0.05) is 18.2 Å². The lowest BCUT2D eigenvalue weighted by Gasteiger charge is -2.24. The summed E-state index contributed by atoms with van der Waals surface area (Å²) in [6.45, 7) is 3.36. The summed E-state index contributed by atoms with van der Waals surface area (Å²) in [7, 11) is 1.59. The van der Waals surface area contributed by atoms with Gasteiger partial charge in [0.2, 0.25) is 5.91 Å². The molecule has 4 heteroatoms. The highest BCUT2D eigenvalue weighted by Gasteiger charge is 2.31. The van der Waals surface area contributed by atoms with Crippen molar-refractivity contribution in [2.24, 2.45) is 0 Å². The van der Waals surface area contributed by atoms with E-state index < -0.39 is 5.41 Å². The fourth-order valence-corrected chi connectivity index (χ4v) is 1.36. The Morgan fingerprint density at radius 2 is 1.93 bits per heavy atom. The van der Waals surface area contributed by atoms with Crippen LogP contribution in [-0.4, -0.2) is 13.0 Å². The Bertz CT molecular complexity index is 363. The molecular weight excluding hydrogens is 195 g/mol. The molecule has 0 fully saturated rings. The van der Waals surface area contributed by atoms with Crippen molar-refractivity contribution in [3.63, 3.8) is 0 Å². The number of carbonyl (C=O) groups excluding carboxylic acids is 1. The first-order valence-electron chi connectivity index (χ1n) is 4.72. The Labute approximate surface area is 88.7 Å². The van der Waals surface area contributed by atoms with E-state index in [1.165, 1.54) is 6.07 Å². The second kappa shape index (κ2) is 4.40. The largest absolute Gasteiger partial charge is 0.291 e. The van der Waals surface area contributed by atoms with Gasteiger partial charge in [-0.3, -0.25) is 10.2 Å². The van der Waals surface area contributed by atoms with Crippen LogP contribution in [0, 0.1) is 5.82 Å². The number of nitrogens with one attached hydrogen (secondary N) is 2. The molecule has 1 amide bonds. The van der Waals surface area contributed by atoms with E-state index in [0.717, 1.165) is 0 Å². The maximum Gasteiger partial charge on any atom is 0.244 e. The molecule has 1 aromatic rings. The van der Waals surface area contributed by atoms with Gasteiger partial charge >= 0.3 is 0 Å². The van der Waals surface area contributed by atoms with Crippen molar-refractivity contribution >= 4 is 5.91 Å². The van der Waals surface area contributed by atoms with Gasteiger partial charge in [-0.15, -0.1) is 0 Å². The summed E-state index contributed by atoms with van der Waals surface area (Å²) in [5.41, 5.74) is 4.49. The minimum Gasteiger partial charge on any atom is -0.291 e. The monoisotopic (exact) mass is 210 g/mol. The van der Waals surface area contributed by atoms with Crippen molar-refractivity contribution in [2.75, 3.05) is 7.05 Å². The zero-order valence-electron chi connectivity index (χ0n) is 9.10. The first-order valence-corrected chi connectivity index (χ1v) is 4.72. The van der Waals surface area contributed by atoms with Gasteiger partial charge in [-0.2, -0.15) is 0 Å². The summed E-state index contributed by atoms with van der Waals surface area (Å²) >= 11 is 0. The summed E-state index contributed by atoms with van der Waals surface area (Å²) < 4.78 is 13.5. The number of halogens is 1. The van der Waals surface area contributed by atoms with Crippen LogP contribution in [0.3, 0.4) is 0 Å². The summed E-state index contributed by atoms with van der Waals surface area (Å²) in [4.78, 5) is 11.7. The van der Waals surface area contributed by atoms with E-state index in [2.05, 4.69) is 10.9 Å². The van der Waals surface area contributed by atoms with Crippen LogP contribution in [0.1, 0.15) is 19.4 Å². The van der Waals surface area contributed by atoms with Crippen molar-refractivity contribution in [1.82, 2.24) is 10.9 Å². The number of carbonyl (C=O) groups is 1. The van der Waals surface area contributed by atoms with E-state index in [0.29, 0.717) is 5.56 Å². The molecular formula is C11H15FN2O. The number of rotatable bonds is 3. The van der Waals surface area contributed by atoms with E-state index in [-0.39, 0.29) is 11.7 Å². The van der Waals surface area contributed by atoms with E-state index in [1.54, 1.807) is 39.1 Å². The smallest absolute Gasteiger partial charge is 0.244 e. The van der Waals surface area contributed by atoms with Crippen LogP contribution in [0.2, 0.25) is 0 Å². The highest BCUT2D eigenvalue weighted by atomic mass is 19.1. The molecule has 0 saturated carbocycles. The lowest BCUT2D eigenvalue weighted by molar-refractivity contribution is -0.126. The predicted octanol–water partition coefficient (Wildman–Crippen LogP) is 1.35. The SMILES string of the molecule is CNNC(=O)C(C)(C)c1ccccc1F. The second-order valence-electron chi connectivity index (χ2n) is 3.81. The van der Waals surface area contributed by atoms with E-state index in [1.807, 2.05) is 0 Å². The number of hydrogen-bond donors (Lipinski definition) is 2. The molecule has 0 aliphatic rings. The third-order valence-corrected chi connectivity index (χ3v) is 2.35. The molecule has 15 heavy (non-hydrogen) atoms. The summed E-state index contributed by atoms with van der Waals surface area (Å²) in [6.07, 6.45) is 0. The van der Waals surface area contributed by atoms with Crippen molar-refractivity contribution in [3.05, 3.63) is 35.6 Å². The van der Waals surface area contributed by atoms with Crippen molar-refractivity contribution in [3.8, 4) is 0 Å². The number of benzene rings is 1. The fraction of sp³-hybridized carbons (Fsp3) is 0.364. The van der Waals surface area contributed by atoms with Gasteiger partial charge in [0.1, 0.15) is 5.82 Å². The maximum atomic E-state index is 13.5. The highest BCUT2D eigenvalue weighted by molar-refractivity contribution is 5.86. The minimum atomic E-state index is -0.894. The number of hydrazine groups is 1. The Balaban J connectivity index is 3.05. The Hall–Kier alpha value is -1.42. The highest BCUT2D eigenvalue weighted by Crippen LogP contribution is 2.25. The molecule has 1 rings (SSSR count). The molecule has 0 aromatic heterocycles. The van der Waals surface area contributed by atoms with Gasteiger partial charge in [0.15, 0.2) is 0 Å². The van der Waals surface area contributed by atoms with Crippen LogP contribution in [0.15, 0.2) is 24.3 Å². The molecule has 0 heterocycles. The van der Waals surface area contributed by atoms with E-state index in [4.69, 9.17) is 0 Å². The Kier molecular flexibility index (Phi) is 3.42. The number of hydrogen-bond acceptors (Lipinski definition) is 2. The quantitative estimate of drug-likeness (QED) is 0.739. The maximum absolute atomic E-state index is 13.5. The predicted molar refractivity (Wildman–Crippen MR) is 56.6 cm³/mol. The first-order chi connectivity index (χ1) is 7.00. The normalized spacial score (nSPS) is 11.2. The molecule has 0 atom stereocenters. The van der Waals surface area contributed by atoms with Gasteiger partial charge in [-0.05, 0) is 19.9 Å². The molecule has 0 unspecified atom stereocenters. The third-order valence-electron chi connectivity index (χ3n) is 2.35. The molecule has 3 nitrogen and oxygen atoms in total. The lowest BCUT2D eigenvalue weighted by Crippen LogP contribution is -2.45. The summed E-state index contributed by atoms with van der Waals surface area (Å²) in [5, 5.41) is 0. The molecule has 0 aliphatic heterocycles. The fourth-order valence-electron chi connectivity index (χ4n) is 1.36. The van der Waals surface area contributed by atoms with Crippen LogP contribution < -0.4 is 10.9 Å². The Morgan fingerprint density at radius 3 is 2.47 bits per heavy atom. The second-order valence-corrected chi connectivity index (χ2v) is 3.81. The minimum absolute atomic E-state index is 0.268. The topological polar surface area (TPSA) is 41.1 Å². The Morgan fingerprint density at radius 1 is 1.33 bits per heavy atom. The van der Waals surface area contributed by atoms with Gasteiger partial charge in [0, 0.05) is 12.6 Å². The standard InChI is InChI=1S/C11H15FN2O/c1-11(2,10(15)14-13-3)8-6-4-5-7-9(8)12/h4-7,13H,1-3H3,(H,14,15). The molecule has 0 aliphatic carbocycles. The average molecular weight is 210 g/mol. The molecule has 2 N–H and O–H groups in total. The summed E-state index contributed by atoms with van der Waals surface area (Å²) in [5.74, 6) is -0.635. The van der Waals surface area contributed by atoms with Crippen LogP contribution in [0.4, 0.5) is 4.39 Å². The van der Waals surface area contributed by atoms with Crippen LogP contribution >= 0.6 is 0 Å². The molecule has 82 valence electrons. The summed E-state index contributed by atoms with van der Waals surface area (Å²) in [6, 6.07) is 6.28. The van der Waals surface area contributed by atoms with Crippen LogP contribution in [0.5, 0.6) is 0 Å². The van der Waals surface area contributed by atoms with Gasteiger partial charge in [0.05, 0.1) is 5.41 Å². The van der Waals surface area contributed by atoms with Crippen molar-refractivity contribution < 1.29 is 9.18 Å². The van der Waals surface area contributed by atoms with Crippen molar-refractivity contribution in [1.29, 1.82) is 0 Å². The van der Waals surface area contributed by atoms with Crippen LogP contribution in [0.25, 0.3) is 0 Å². The first kappa shape index (κ1) is 11.7. The van der Waals surface area contributed by atoms with Gasteiger partial charge in [0.25, 0.3) is 0 Å².